The number of rotatable bonds is 2. The van der Waals surface area contributed by atoms with Crippen molar-refractivity contribution >= 4 is 5.82 Å². The summed E-state index contributed by atoms with van der Waals surface area (Å²) in [7, 11) is 8.27. The molecule has 3 nitrogen and oxygen atoms in total. The molecule has 0 aliphatic rings. The van der Waals surface area contributed by atoms with E-state index in [1.54, 1.807) is 0 Å². The Morgan fingerprint density at radius 3 is 2.25 bits per heavy atom. The number of hydrogen-bond acceptors (Lipinski definition) is 1. The molecule has 0 N–H and O–H groups in total. The van der Waals surface area contributed by atoms with Crippen molar-refractivity contribution < 1.29 is 4.68 Å². The second-order valence-electron chi connectivity index (χ2n) is 4.20. The summed E-state index contributed by atoms with van der Waals surface area (Å²) in [5, 5.41) is 0. The standard InChI is InChI=1S/C13H18N3/c1-14(2)13-10-12(15(3)16(13)4)11-8-6-5-7-9-11/h5-10H,1-4H3/q+1. The van der Waals surface area contributed by atoms with Crippen molar-refractivity contribution in [2.45, 2.75) is 0 Å². The smallest absolute Gasteiger partial charge is 0.266 e. The molecule has 16 heavy (non-hydrogen) atoms. The van der Waals surface area contributed by atoms with E-state index in [0.717, 1.165) is 0 Å². The fourth-order valence-corrected chi connectivity index (χ4v) is 1.92. The maximum atomic E-state index is 2.20. The van der Waals surface area contributed by atoms with E-state index >= 15 is 0 Å². The van der Waals surface area contributed by atoms with Gasteiger partial charge in [-0.15, -0.1) is 0 Å². The molecule has 0 unspecified atom stereocenters. The van der Waals surface area contributed by atoms with Crippen molar-refractivity contribution in [2.75, 3.05) is 19.0 Å². The highest BCUT2D eigenvalue weighted by atomic mass is 15.4. The van der Waals surface area contributed by atoms with Crippen LogP contribution in [-0.2, 0) is 14.1 Å². The predicted octanol–water partition coefficient (Wildman–Crippen LogP) is 1.58. The zero-order valence-corrected chi connectivity index (χ0v) is 10.3. The largest absolute Gasteiger partial charge is 0.297 e. The lowest BCUT2D eigenvalue weighted by Gasteiger charge is -2.04. The summed E-state index contributed by atoms with van der Waals surface area (Å²) in [4.78, 5) is 2.12. The Morgan fingerprint density at radius 2 is 1.75 bits per heavy atom. The quantitative estimate of drug-likeness (QED) is 0.694. The van der Waals surface area contributed by atoms with Crippen LogP contribution >= 0.6 is 0 Å². The van der Waals surface area contributed by atoms with Gasteiger partial charge in [0.25, 0.3) is 5.82 Å². The third-order valence-electron chi connectivity index (χ3n) is 2.92. The molecule has 0 spiro atoms. The first kappa shape index (κ1) is 10.7. The van der Waals surface area contributed by atoms with Gasteiger partial charge in [-0.1, -0.05) is 30.3 Å². The molecule has 0 saturated heterocycles. The first-order chi connectivity index (χ1) is 7.61. The van der Waals surface area contributed by atoms with Gasteiger partial charge in [-0.2, -0.15) is 4.68 Å². The van der Waals surface area contributed by atoms with Gasteiger partial charge in [0.05, 0.1) is 25.9 Å². The van der Waals surface area contributed by atoms with Gasteiger partial charge in [0.15, 0.2) is 0 Å². The van der Waals surface area contributed by atoms with Gasteiger partial charge in [0.2, 0.25) is 0 Å². The number of benzene rings is 1. The molecule has 2 aromatic rings. The Balaban J connectivity index is 2.55. The van der Waals surface area contributed by atoms with Crippen LogP contribution in [0.2, 0.25) is 0 Å². The molecule has 0 atom stereocenters. The van der Waals surface area contributed by atoms with E-state index in [1.165, 1.54) is 17.1 Å². The highest BCUT2D eigenvalue weighted by Crippen LogP contribution is 2.21. The summed E-state index contributed by atoms with van der Waals surface area (Å²) in [5.74, 6) is 1.20. The lowest BCUT2D eigenvalue weighted by atomic mass is 10.1. The molecule has 0 saturated carbocycles. The molecule has 3 heteroatoms. The Bertz CT molecular complexity index is 483. The number of hydrogen-bond donors (Lipinski definition) is 0. The SMILES string of the molecule is CN(C)c1cc(-c2ccccc2)n(C)[n+]1C. The Hall–Kier alpha value is -1.77. The van der Waals surface area contributed by atoms with E-state index in [9.17, 15) is 0 Å². The third kappa shape index (κ3) is 1.69. The topological polar surface area (TPSA) is 12.1 Å². The number of nitrogens with zero attached hydrogens (tertiary/aromatic N) is 3. The average molecular weight is 216 g/mol. The van der Waals surface area contributed by atoms with Crippen molar-refractivity contribution in [1.82, 2.24) is 4.68 Å². The van der Waals surface area contributed by atoms with Crippen LogP contribution in [0.1, 0.15) is 0 Å². The van der Waals surface area contributed by atoms with E-state index in [1.807, 2.05) is 6.07 Å². The molecule has 0 fully saturated rings. The summed E-state index contributed by atoms with van der Waals surface area (Å²) in [5.41, 5.74) is 2.47. The van der Waals surface area contributed by atoms with E-state index in [-0.39, 0.29) is 0 Å². The minimum atomic E-state index is 1.20. The van der Waals surface area contributed by atoms with Gasteiger partial charge < -0.3 is 0 Å². The molecule has 0 aliphatic heterocycles. The number of anilines is 1. The van der Waals surface area contributed by atoms with Crippen molar-refractivity contribution in [3.8, 4) is 11.3 Å². The zero-order chi connectivity index (χ0) is 11.7. The molecular weight excluding hydrogens is 198 g/mol. The van der Waals surface area contributed by atoms with E-state index in [0.29, 0.717) is 0 Å². The average Bonchev–Trinajstić information content (AvgIpc) is 2.58. The Morgan fingerprint density at radius 1 is 1.12 bits per heavy atom. The lowest BCUT2D eigenvalue weighted by molar-refractivity contribution is -0.738. The molecule has 1 heterocycles. The zero-order valence-electron chi connectivity index (χ0n) is 10.3. The molecule has 2 rings (SSSR count). The Kier molecular flexibility index (Phi) is 2.69. The van der Waals surface area contributed by atoms with Crippen LogP contribution in [0.3, 0.4) is 0 Å². The van der Waals surface area contributed by atoms with E-state index < -0.39 is 0 Å². The fraction of sp³-hybridized carbons (Fsp3) is 0.308. The number of aromatic nitrogens is 2. The van der Waals surface area contributed by atoms with Crippen LogP contribution in [0.5, 0.6) is 0 Å². The van der Waals surface area contributed by atoms with Crippen LogP contribution in [0, 0.1) is 0 Å². The van der Waals surface area contributed by atoms with Gasteiger partial charge in [0, 0.05) is 12.6 Å². The maximum Gasteiger partial charge on any atom is 0.297 e. The molecular formula is C13H18N3+. The summed E-state index contributed by atoms with van der Waals surface area (Å²) < 4.78 is 4.30. The van der Waals surface area contributed by atoms with Crippen LogP contribution in [-0.4, -0.2) is 18.8 Å². The first-order valence-corrected chi connectivity index (χ1v) is 5.40. The van der Waals surface area contributed by atoms with Gasteiger partial charge >= 0.3 is 0 Å². The monoisotopic (exact) mass is 216 g/mol. The van der Waals surface area contributed by atoms with Gasteiger partial charge in [-0.25, -0.2) is 4.68 Å². The summed E-state index contributed by atoms with van der Waals surface area (Å²) >= 11 is 0. The molecule has 0 amide bonds. The van der Waals surface area contributed by atoms with E-state index in [4.69, 9.17) is 0 Å². The van der Waals surface area contributed by atoms with Gasteiger partial charge in [-0.05, 0) is 0 Å². The molecule has 1 aromatic carbocycles. The highest BCUT2D eigenvalue weighted by molar-refractivity contribution is 5.61. The van der Waals surface area contributed by atoms with Crippen molar-refractivity contribution in [2.24, 2.45) is 14.1 Å². The van der Waals surface area contributed by atoms with Gasteiger partial charge in [-0.3, -0.25) is 4.90 Å². The first-order valence-electron chi connectivity index (χ1n) is 5.40. The summed E-state index contributed by atoms with van der Waals surface area (Å²) in [6.45, 7) is 0. The Labute approximate surface area is 96.5 Å². The minimum absolute atomic E-state index is 1.20. The van der Waals surface area contributed by atoms with Crippen LogP contribution < -0.4 is 9.58 Å². The summed E-state index contributed by atoms with van der Waals surface area (Å²) in [6, 6.07) is 12.6. The van der Waals surface area contributed by atoms with Crippen molar-refractivity contribution in [3.05, 3.63) is 36.4 Å². The predicted molar refractivity (Wildman–Crippen MR) is 66.4 cm³/mol. The second kappa shape index (κ2) is 4.00. The third-order valence-corrected chi connectivity index (χ3v) is 2.92. The normalized spacial score (nSPS) is 10.5. The molecule has 0 radical (unpaired) electrons. The molecule has 1 aromatic heterocycles. The molecule has 84 valence electrons. The molecule has 0 aliphatic carbocycles. The van der Waals surface area contributed by atoms with Crippen molar-refractivity contribution in [1.29, 1.82) is 0 Å². The second-order valence-corrected chi connectivity index (χ2v) is 4.20. The summed E-state index contributed by atoms with van der Waals surface area (Å²) in [6.07, 6.45) is 0. The minimum Gasteiger partial charge on any atom is -0.266 e. The maximum absolute atomic E-state index is 2.20. The lowest BCUT2D eigenvalue weighted by Crippen LogP contribution is -2.41. The molecule has 0 bridgehead atoms. The highest BCUT2D eigenvalue weighted by Gasteiger charge is 2.17. The van der Waals surface area contributed by atoms with Crippen LogP contribution in [0.25, 0.3) is 11.3 Å². The fourth-order valence-electron chi connectivity index (χ4n) is 1.92. The van der Waals surface area contributed by atoms with Crippen LogP contribution in [0.15, 0.2) is 36.4 Å². The van der Waals surface area contributed by atoms with Crippen LogP contribution in [0.4, 0.5) is 5.82 Å². The van der Waals surface area contributed by atoms with E-state index in [2.05, 4.69) is 72.8 Å². The van der Waals surface area contributed by atoms with Gasteiger partial charge in [0.1, 0.15) is 7.05 Å². The van der Waals surface area contributed by atoms with Crippen molar-refractivity contribution in [3.63, 3.8) is 0 Å².